The maximum Gasteiger partial charge on any atom is 0.260 e. The van der Waals surface area contributed by atoms with E-state index in [1.54, 1.807) is 30.6 Å². The number of piperidine rings is 1. The molecular formula is C16H22N2O3. The molecule has 1 aliphatic rings. The first kappa shape index (κ1) is 15.5. The number of carbonyl (C=O) groups excluding carboxylic acids is 1. The number of nitrogens with zero attached hydrogens (tertiary/aromatic N) is 2. The number of hydrogen-bond acceptors (Lipinski definition) is 4. The molecule has 1 aromatic rings. The van der Waals surface area contributed by atoms with Crippen molar-refractivity contribution in [1.29, 1.82) is 0 Å². The highest BCUT2D eigenvalue weighted by Crippen LogP contribution is 2.18. The molecule has 0 bridgehead atoms. The van der Waals surface area contributed by atoms with Crippen LogP contribution >= 0.6 is 0 Å². The van der Waals surface area contributed by atoms with Gasteiger partial charge < -0.3 is 14.4 Å². The number of amides is 1. The van der Waals surface area contributed by atoms with Crippen molar-refractivity contribution in [2.24, 2.45) is 5.92 Å². The largest absolute Gasteiger partial charge is 0.482 e. The van der Waals surface area contributed by atoms with Crippen molar-refractivity contribution < 1.29 is 14.3 Å². The molecule has 1 fully saturated rings. The molecule has 0 aromatic carbocycles. The Balaban J connectivity index is 1.67. The number of aromatic nitrogens is 1. The van der Waals surface area contributed by atoms with Crippen LogP contribution in [0.25, 0.3) is 0 Å². The van der Waals surface area contributed by atoms with Gasteiger partial charge in [-0.05, 0) is 30.9 Å². The zero-order chi connectivity index (χ0) is 14.9. The molecule has 21 heavy (non-hydrogen) atoms. The molecule has 5 nitrogen and oxygen atoms in total. The van der Waals surface area contributed by atoms with E-state index in [-0.39, 0.29) is 12.5 Å². The summed E-state index contributed by atoms with van der Waals surface area (Å²) in [5, 5.41) is 0. The summed E-state index contributed by atoms with van der Waals surface area (Å²) in [5.74, 6) is 1.19. The van der Waals surface area contributed by atoms with Gasteiger partial charge in [-0.3, -0.25) is 9.78 Å². The minimum atomic E-state index is 0.0318. The number of ether oxygens (including phenoxy) is 2. The summed E-state index contributed by atoms with van der Waals surface area (Å²) in [4.78, 5) is 17.9. The maximum absolute atomic E-state index is 12.1. The Labute approximate surface area is 125 Å². The van der Waals surface area contributed by atoms with Gasteiger partial charge in [0.15, 0.2) is 6.61 Å². The summed E-state index contributed by atoms with van der Waals surface area (Å²) < 4.78 is 10.9. The molecule has 0 atom stereocenters. The fraction of sp³-hybridized carbons (Fsp3) is 0.500. The summed E-state index contributed by atoms with van der Waals surface area (Å²) in [6, 6.07) is 3.58. The molecule has 0 aliphatic carbocycles. The summed E-state index contributed by atoms with van der Waals surface area (Å²) >= 11 is 0. The van der Waals surface area contributed by atoms with Crippen LogP contribution in [0.3, 0.4) is 0 Å². The van der Waals surface area contributed by atoms with Crippen LogP contribution in [0.1, 0.15) is 12.8 Å². The standard InChI is InChI=1S/C16H22N2O3/c1-2-10-20-12-14-5-8-18(9-6-14)16(19)13-21-15-4-3-7-17-11-15/h2-4,7,11,14H,1,5-6,8-10,12-13H2. The first-order valence-electron chi connectivity index (χ1n) is 7.29. The fourth-order valence-electron chi connectivity index (χ4n) is 2.34. The zero-order valence-corrected chi connectivity index (χ0v) is 12.2. The van der Waals surface area contributed by atoms with Gasteiger partial charge in [0.05, 0.1) is 12.8 Å². The average Bonchev–Trinajstić information content (AvgIpc) is 2.54. The van der Waals surface area contributed by atoms with Gasteiger partial charge in [-0.15, -0.1) is 6.58 Å². The van der Waals surface area contributed by atoms with E-state index in [9.17, 15) is 4.79 Å². The number of rotatable bonds is 7. The molecule has 1 aliphatic heterocycles. The third-order valence-electron chi connectivity index (χ3n) is 3.55. The monoisotopic (exact) mass is 290 g/mol. The Bertz CT molecular complexity index is 442. The van der Waals surface area contributed by atoms with Crippen molar-refractivity contribution >= 4 is 5.91 Å². The van der Waals surface area contributed by atoms with Gasteiger partial charge in [0, 0.05) is 25.9 Å². The predicted molar refractivity (Wildman–Crippen MR) is 80.1 cm³/mol. The van der Waals surface area contributed by atoms with Crippen LogP contribution < -0.4 is 4.74 Å². The SMILES string of the molecule is C=CCOCC1CCN(C(=O)COc2cccnc2)CC1. The van der Waals surface area contributed by atoms with E-state index >= 15 is 0 Å². The first-order valence-corrected chi connectivity index (χ1v) is 7.29. The van der Waals surface area contributed by atoms with Crippen LogP contribution in [0.4, 0.5) is 0 Å². The number of pyridine rings is 1. The second-order valence-corrected chi connectivity index (χ2v) is 5.13. The number of carbonyl (C=O) groups is 1. The Kier molecular flexibility index (Phi) is 6.22. The lowest BCUT2D eigenvalue weighted by atomic mass is 9.98. The van der Waals surface area contributed by atoms with E-state index < -0.39 is 0 Å². The van der Waals surface area contributed by atoms with Crippen LogP contribution in [-0.4, -0.2) is 48.7 Å². The topological polar surface area (TPSA) is 51.7 Å². The maximum atomic E-state index is 12.1. The highest BCUT2D eigenvalue weighted by atomic mass is 16.5. The van der Waals surface area contributed by atoms with Crippen molar-refractivity contribution in [3.8, 4) is 5.75 Å². The molecule has 0 spiro atoms. The minimum Gasteiger partial charge on any atom is -0.482 e. The predicted octanol–water partition coefficient (Wildman–Crippen LogP) is 1.90. The highest BCUT2D eigenvalue weighted by Gasteiger charge is 2.23. The van der Waals surface area contributed by atoms with Crippen molar-refractivity contribution in [2.75, 3.05) is 32.9 Å². The molecule has 2 rings (SSSR count). The van der Waals surface area contributed by atoms with Gasteiger partial charge in [-0.2, -0.15) is 0 Å². The second kappa shape index (κ2) is 8.42. The van der Waals surface area contributed by atoms with Crippen LogP contribution in [0.5, 0.6) is 5.75 Å². The lowest BCUT2D eigenvalue weighted by molar-refractivity contribution is -0.135. The van der Waals surface area contributed by atoms with Gasteiger partial charge in [0.1, 0.15) is 5.75 Å². The number of likely N-dealkylation sites (tertiary alicyclic amines) is 1. The molecule has 1 amide bonds. The second-order valence-electron chi connectivity index (χ2n) is 5.13. The van der Waals surface area contributed by atoms with Crippen molar-refractivity contribution in [3.63, 3.8) is 0 Å². The smallest absolute Gasteiger partial charge is 0.260 e. The van der Waals surface area contributed by atoms with Gasteiger partial charge >= 0.3 is 0 Å². The Hall–Kier alpha value is -1.88. The molecular weight excluding hydrogens is 268 g/mol. The Morgan fingerprint density at radius 1 is 1.48 bits per heavy atom. The minimum absolute atomic E-state index is 0.0318. The molecule has 0 N–H and O–H groups in total. The van der Waals surface area contributed by atoms with E-state index in [2.05, 4.69) is 11.6 Å². The van der Waals surface area contributed by atoms with Gasteiger partial charge in [-0.25, -0.2) is 0 Å². The quantitative estimate of drug-likeness (QED) is 0.568. The lowest BCUT2D eigenvalue weighted by Gasteiger charge is -2.31. The van der Waals surface area contributed by atoms with Gasteiger partial charge in [0.25, 0.3) is 5.91 Å². The highest BCUT2D eigenvalue weighted by molar-refractivity contribution is 5.77. The summed E-state index contributed by atoms with van der Waals surface area (Å²) in [5.41, 5.74) is 0. The van der Waals surface area contributed by atoms with Gasteiger partial charge in [-0.1, -0.05) is 6.08 Å². The molecule has 2 heterocycles. The van der Waals surface area contributed by atoms with Crippen LogP contribution in [0.2, 0.25) is 0 Å². The zero-order valence-electron chi connectivity index (χ0n) is 12.2. The van der Waals surface area contributed by atoms with Crippen LogP contribution in [-0.2, 0) is 9.53 Å². The molecule has 1 aromatic heterocycles. The third-order valence-corrected chi connectivity index (χ3v) is 3.55. The molecule has 5 heteroatoms. The number of hydrogen-bond donors (Lipinski definition) is 0. The Morgan fingerprint density at radius 2 is 2.29 bits per heavy atom. The van der Waals surface area contributed by atoms with E-state index in [4.69, 9.17) is 9.47 Å². The van der Waals surface area contributed by atoms with Crippen LogP contribution in [0.15, 0.2) is 37.2 Å². The molecule has 114 valence electrons. The summed E-state index contributed by atoms with van der Waals surface area (Å²) in [7, 11) is 0. The van der Waals surface area contributed by atoms with E-state index in [0.29, 0.717) is 18.3 Å². The van der Waals surface area contributed by atoms with E-state index in [1.807, 2.05) is 4.90 Å². The van der Waals surface area contributed by atoms with Crippen molar-refractivity contribution in [2.45, 2.75) is 12.8 Å². The van der Waals surface area contributed by atoms with Crippen LogP contribution in [0, 0.1) is 5.92 Å². The van der Waals surface area contributed by atoms with Crippen molar-refractivity contribution in [1.82, 2.24) is 9.88 Å². The van der Waals surface area contributed by atoms with E-state index in [0.717, 1.165) is 32.5 Å². The summed E-state index contributed by atoms with van der Waals surface area (Å²) in [6.07, 6.45) is 7.00. The molecule has 1 saturated heterocycles. The van der Waals surface area contributed by atoms with Gasteiger partial charge in [0.2, 0.25) is 0 Å². The summed E-state index contributed by atoms with van der Waals surface area (Å²) in [6.45, 7) is 6.60. The van der Waals surface area contributed by atoms with Crippen molar-refractivity contribution in [3.05, 3.63) is 37.2 Å². The molecule has 0 unspecified atom stereocenters. The molecule has 0 saturated carbocycles. The normalized spacial score (nSPS) is 15.7. The average molecular weight is 290 g/mol. The lowest BCUT2D eigenvalue weighted by Crippen LogP contribution is -2.41. The Morgan fingerprint density at radius 3 is 2.95 bits per heavy atom. The first-order chi connectivity index (χ1) is 10.3. The molecule has 0 radical (unpaired) electrons. The van der Waals surface area contributed by atoms with E-state index in [1.165, 1.54) is 0 Å². The fourth-order valence-corrected chi connectivity index (χ4v) is 2.34. The third kappa shape index (κ3) is 5.19.